The molecule has 0 spiro atoms. The molecule has 2 heterocycles. The lowest BCUT2D eigenvalue weighted by Crippen LogP contribution is -2.26. The highest BCUT2D eigenvalue weighted by Crippen LogP contribution is 2.29. The van der Waals surface area contributed by atoms with Crippen molar-refractivity contribution in [2.24, 2.45) is 4.99 Å². The summed E-state index contributed by atoms with van der Waals surface area (Å²) in [5.74, 6) is 0.0549. The predicted octanol–water partition coefficient (Wildman–Crippen LogP) is 0.852. The molecule has 1 amide bonds. The summed E-state index contributed by atoms with van der Waals surface area (Å²) in [5.41, 5.74) is 6.17. The molecule has 0 saturated heterocycles. The summed E-state index contributed by atoms with van der Waals surface area (Å²) < 4.78 is 0. The molecule has 2 N–H and O–H groups in total. The Morgan fingerprint density at radius 2 is 2.38 bits per heavy atom. The molecule has 5 heteroatoms. The second-order valence-electron chi connectivity index (χ2n) is 3.88. The van der Waals surface area contributed by atoms with Gasteiger partial charge in [-0.15, -0.1) is 0 Å². The van der Waals surface area contributed by atoms with Crippen molar-refractivity contribution < 1.29 is 4.79 Å². The van der Waals surface area contributed by atoms with Crippen molar-refractivity contribution in [3.05, 3.63) is 23.8 Å². The van der Waals surface area contributed by atoms with Gasteiger partial charge >= 0.3 is 0 Å². The van der Waals surface area contributed by atoms with Crippen LogP contribution in [0.1, 0.15) is 5.56 Å². The minimum absolute atomic E-state index is 0.0549. The van der Waals surface area contributed by atoms with E-state index in [2.05, 4.69) is 15.7 Å². The van der Waals surface area contributed by atoms with Crippen molar-refractivity contribution in [3.63, 3.8) is 0 Å². The van der Waals surface area contributed by atoms with Crippen LogP contribution in [0.2, 0.25) is 0 Å². The Morgan fingerprint density at radius 1 is 1.44 bits per heavy atom. The van der Waals surface area contributed by atoms with Crippen LogP contribution in [0.5, 0.6) is 0 Å². The van der Waals surface area contributed by atoms with Gasteiger partial charge in [-0.05, 0) is 12.1 Å². The molecule has 3 rings (SSSR count). The number of carbonyl (C=O) groups excluding carboxylic acids is 1. The van der Waals surface area contributed by atoms with Crippen LogP contribution >= 0.6 is 0 Å². The monoisotopic (exact) mass is 216 g/mol. The number of aliphatic imine (C=N–C) groups is 1. The highest BCUT2D eigenvalue weighted by molar-refractivity contribution is 6.01. The lowest BCUT2D eigenvalue weighted by atomic mass is 10.1. The molecular weight excluding hydrogens is 204 g/mol. The van der Waals surface area contributed by atoms with Gasteiger partial charge in [-0.1, -0.05) is 6.07 Å². The molecule has 0 aliphatic carbocycles. The zero-order valence-electron chi connectivity index (χ0n) is 8.73. The number of benzene rings is 1. The molecular formula is C11H12N4O. The van der Waals surface area contributed by atoms with E-state index >= 15 is 0 Å². The summed E-state index contributed by atoms with van der Waals surface area (Å²) in [6.07, 6.45) is 2.23. The maximum atomic E-state index is 11.3. The number of carbonyl (C=O) groups is 1. The first kappa shape index (κ1) is 9.21. The van der Waals surface area contributed by atoms with Crippen molar-refractivity contribution in [2.75, 3.05) is 23.8 Å². The van der Waals surface area contributed by atoms with E-state index < -0.39 is 0 Å². The molecule has 0 radical (unpaired) electrons. The fourth-order valence-electron chi connectivity index (χ4n) is 1.97. The van der Waals surface area contributed by atoms with Crippen LogP contribution < -0.4 is 10.7 Å². The van der Waals surface area contributed by atoms with E-state index in [1.807, 2.05) is 23.2 Å². The number of anilines is 2. The molecule has 5 nitrogen and oxygen atoms in total. The minimum Gasteiger partial charge on any atom is -0.325 e. The highest BCUT2D eigenvalue weighted by Gasteiger charge is 2.21. The van der Waals surface area contributed by atoms with E-state index in [-0.39, 0.29) is 5.91 Å². The molecule has 1 aromatic carbocycles. The fraction of sp³-hybridized carbons (Fsp3) is 0.273. The zero-order valence-corrected chi connectivity index (χ0v) is 8.73. The summed E-state index contributed by atoms with van der Waals surface area (Å²) >= 11 is 0. The Morgan fingerprint density at radius 3 is 3.19 bits per heavy atom. The Bertz CT molecular complexity index is 469. The van der Waals surface area contributed by atoms with Crippen LogP contribution in [0.15, 0.2) is 23.2 Å². The molecule has 0 atom stereocenters. The van der Waals surface area contributed by atoms with Gasteiger partial charge in [-0.25, -0.2) is 0 Å². The number of rotatable bonds is 2. The maximum absolute atomic E-state index is 11.3. The Balaban J connectivity index is 1.87. The third kappa shape index (κ3) is 1.50. The lowest BCUT2D eigenvalue weighted by Gasteiger charge is -2.18. The molecule has 1 aromatic rings. The van der Waals surface area contributed by atoms with Crippen molar-refractivity contribution >= 4 is 23.6 Å². The highest BCUT2D eigenvalue weighted by atomic mass is 16.1. The number of hydrogen-bond acceptors (Lipinski definition) is 4. The van der Waals surface area contributed by atoms with E-state index in [0.29, 0.717) is 6.42 Å². The summed E-state index contributed by atoms with van der Waals surface area (Å²) in [6, 6.07) is 5.83. The van der Waals surface area contributed by atoms with E-state index in [4.69, 9.17) is 0 Å². The Labute approximate surface area is 93.1 Å². The number of hydrogen-bond donors (Lipinski definition) is 2. The van der Waals surface area contributed by atoms with Crippen LogP contribution in [0.4, 0.5) is 11.4 Å². The number of nitrogens with zero attached hydrogens (tertiary/aromatic N) is 2. The molecule has 2 aliphatic heterocycles. The van der Waals surface area contributed by atoms with Crippen LogP contribution in [0.3, 0.4) is 0 Å². The minimum atomic E-state index is 0.0549. The number of hydrazine groups is 1. The van der Waals surface area contributed by atoms with E-state index in [9.17, 15) is 4.79 Å². The van der Waals surface area contributed by atoms with E-state index in [0.717, 1.165) is 30.0 Å². The molecule has 82 valence electrons. The normalized spacial score (nSPS) is 17.5. The van der Waals surface area contributed by atoms with Crippen molar-refractivity contribution in [2.45, 2.75) is 6.42 Å². The van der Waals surface area contributed by atoms with Gasteiger partial charge in [0.1, 0.15) is 6.34 Å². The second kappa shape index (κ2) is 3.52. The fourth-order valence-corrected chi connectivity index (χ4v) is 1.97. The van der Waals surface area contributed by atoms with Gasteiger partial charge in [-0.2, -0.15) is 0 Å². The Hall–Kier alpha value is -2.04. The topological polar surface area (TPSA) is 56.7 Å². The third-order valence-electron chi connectivity index (χ3n) is 2.74. The smallest absolute Gasteiger partial charge is 0.228 e. The Kier molecular flexibility index (Phi) is 2.02. The molecule has 0 unspecified atom stereocenters. The van der Waals surface area contributed by atoms with Gasteiger partial charge in [0.25, 0.3) is 0 Å². The largest absolute Gasteiger partial charge is 0.325 e. The summed E-state index contributed by atoms with van der Waals surface area (Å²) in [6.45, 7) is 1.68. The SMILES string of the molecule is O=C1Cc2c(cccc2NN2C=NCC2)N1. The third-order valence-corrected chi connectivity index (χ3v) is 2.74. The van der Waals surface area contributed by atoms with Gasteiger partial charge in [0, 0.05) is 11.3 Å². The first-order chi connectivity index (χ1) is 7.83. The summed E-state index contributed by atoms with van der Waals surface area (Å²) in [7, 11) is 0. The molecule has 0 aromatic heterocycles. The van der Waals surface area contributed by atoms with Crippen LogP contribution in [-0.2, 0) is 11.2 Å². The average Bonchev–Trinajstić information content (AvgIpc) is 2.86. The number of nitrogens with one attached hydrogen (secondary N) is 2. The van der Waals surface area contributed by atoms with Crippen LogP contribution in [-0.4, -0.2) is 30.3 Å². The average molecular weight is 216 g/mol. The van der Waals surface area contributed by atoms with Gasteiger partial charge < -0.3 is 5.32 Å². The summed E-state index contributed by atoms with van der Waals surface area (Å²) in [5, 5.41) is 4.76. The van der Waals surface area contributed by atoms with Crippen molar-refractivity contribution in [1.29, 1.82) is 0 Å². The summed E-state index contributed by atoms with van der Waals surface area (Å²) in [4.78, 5) is 15.4. The van der Waals surface area contributed by atoms with Crippen molar-refractivity contribution in [3.8, 4) is 0 Å². The molecule has 0 bridgehead atoms. The standard InChI is InChI=1S/C11H12N4O/c16-11-6-8-9(13-11)2-1-3-10(8)14-15-5-4-12-7-15/h1-3,7,14H,4-6H2,(H,13,16). The van der Waals surface area contributed by atoms with Crippen LogP contribution in [0.25, 0.3) is 0 Å². The molecule has 16 heavy (non-hydrogen) atoms. The molecule has 0 saturated carbocycles. The second-order valence-corrected chi connectivity index (χ2v) is 3.88. The zero-order chi connectivity index (χ0) is 11.0. The van der Waals surface area contributed by atoms with Gasteiger partial charge in [0.2, 0.25) is 5.91 Å². The quantitative estimate of drug-likeness (QED) is 0.770. The first-order valence-electron chi connectivity index (χ1n) is 5.28. The van der Waals surface area contributed by atoms with E-state index in [1.165, 1.54) is 0 Å². The first-order valence-corrected chi connectivity index (χ1v) is 5.28. The number of fused-ring (bicyclic) bond motifs is 1. The van der Waals surface area contributed by atoms with Crippen LogP contribution in [0, 0.1) is 0 Å². The predicted molar refractivity (Wildman–Crippen MR) is 62.5 cm³/mol. The van der Waals surface area contributed by atoms with Gasteiger partial charge in [0.05, 0.1) is 25.2 Å². The van der Waals surface area contributed by atoms with Crippen molar-refractivity contribution in [1.82, 2.24) is 5.01 Å². The maximum Gasteiger partial charge on any atom is 0.228 e. The lowest BCUT2D eigenvalue weighted by molar-refractivity contribution is -0.115. The van der Waals surface area contributed by atoms with Gasteiger partial charge in [-0.3, -0.25) is 20.2 Å². The molecule has 0 fully saturated rings. The molecule has 2 aliphatic rings. The van der Waals surface area contributed by atoms with Gasteiger partial charge in [0.15, 0.2) is 0 Å². The number of amides is 1. The van der Waals surface area contributed by atoms with E-state index in [1.54, 1.807) is 6.34 Å².